The van der Waals surface area contributed by atoms with Crippen molar-refractivity contribution < 1.29 is 19.4 Å². The van der Waals surface area contributed by atoms with Gasteiger partial charge in [0.15, 0.2) is 6.61 Å². The summed E-state index contributed by atoms with van der Waals surface area (Å²) in [6.45, 7) is -0.319. The van der Waals surface area contributed by atoms with E-state index in [1.54, 1.807) is 6.07 Å². The second-order valence-electron chi connectivity index (χ2n) is 5.85. The zero-order valence-electron chi connectivity index (χ0n) is 13.0. The van der Waals surface area contributed by atoms with E-state index < -0.39 is 5.97 Å². The highest BCUT2D eigenvalue weighted by Gasteiger charge is 2.17. The number of hydrogen-bond acceptors (Lipinski definition) is 4. The minimum absolute atomic E-state index is 0.0793. The number of halogens is 1. The molecular weight excluding hydrogens is 409 g/mol. The zero-order valence-corrected chi connectivity index (χ0v) is 15.2. The van der Waals surface area contributed by atoms with E-state index in [1.165, 1.54) is 31.4 Å². The number of carbonyl (C=O) groups excluding carboxylic acids is 2. The van der Waals surface area contributed by atoms with Crippen molar-refractivity contribution in [2.75, 3.05) is 6.61 Å². The highest BCUT2D eigenvalue weighted by molar-refractivity contribution is 14.1. The van der Waals surface area contributed by atoms with Crippen LogP contribution >= 0.6 is 22.6 Å². The molecule has 0 atom stereocenters. The SMILES string of the molecule is O=C(COC(=O)c1cc(I)ccc1O)NC1CCCCCCC1. The lowest BCUT2D eigenvalue weighted by atomic mass is 9.97. The van der Waals surface area contributed by atoms with Crippen LogP contribution < -0.4 is 5.32 Å². The van der Waals surface area contributed by atoms with Crippen LogP contribution in [0, 0.1) is 3.57 Å². The molecule has 1 saturated carbocycles. The van der Waals surface area contributed by atoms with Crippen LogP contribution in [0.3, 0.4) is 0 Å². The van der Waals surface area contributed by atoms with Crippen LogP contribution in [0.2, 0.25) is 0 Å². The van der Waals surface area contributed by atoms with E-state index >= 15 is 0 Å². The molecule has 6 heteroatoms. The van der Waals surface area contributed by atoms with Crippen molar-refractivity contribution in [3.63, 3.8) is 0 Å². The van der Waals surface area contributed by atoms with Gasteiger partial charge in [-0.3, -0.25) is 4.79 Å². The first kappa shape index (κ1) is 18.0. The van der Waals surface area contributed by atoms with Gasteiger partial charge in [0, 0.05) is 9.61 Å². The lowest BCUT2D eigenvalue weighted by Gasteiger charge is -2.20. The lowest BCUT2D eigenvalue weighted by Crippen LogP contribution is -2.38. The first-order valence-corrected chi connectivity index (χ1v) is 9.09. The Kier molecular flexibility index (Phi) is 7.14. The largest absolute Gasteiger partial charge is 0.507 e. The van der Waals surface area contributed by atoms with E-state index in [9.17, 15) is 14.7 Å². The summed E-state index contributed by atoms with van der Waals surface area (Å²) >= 11 is 2.04. The standard InChI is InChI=1S/C17H22INO4/c18-12-8-9-15(20)14(10-12)17(22)23-11-16(21)19-13-6-4-2-1-3-5-7-13/h8-10,13,20H,1-7,11H2,(H,19,21). The summed E-state index contributed by atoms with van der Waals surface area (Å²) in [6.07, 6.45) is 7.93. The van der Waals surface area contributed by atoms with Gasteiger partial charge in [0.1, 0.15) is 11.3 Å². The molecule has 1 aliphatic carbocycles. The second-order valence-corrected chi connectivity index (χ2v) is 7.09. The molecule has 0 heterocycles. The third kappa shape index (κ3) is 6.01. The Hall–Kier alpha value is -1.31. The number of hydrogen-bond donors (Lipinski definition) is 2. The highest BCUT2D eigenvalue weighted by atomic mass is 127. The number of phenolic OH excluding ortho intramolecular Hbond substituents is 1. The summed E-state index contributed by atoms with van der Waals surface area (Å²) in [6, 6.07) is 4.83. The quantitative estimate of drug-likeness (QED) is 0.566. The lowest BCUT2D eigenvalue weighted by molar-refractivity contribution is -0.125. The Morgan fingerprint density at radius 2 is 1.83 bits per heavy atom. The Bertz CT molecular complexity index is 554. The molecule has 0 saturated heterocycles. The number of ether oxygens (including phenoxy) is 1. The van der Waals surface area contributed by atoms with E-state index in [0.717, 1.165) is 29.3 Å². The summed E-state index contributed by atoms with van der Waals surface area (Å²) in [5, 5.41) is 12.6. The van der Waals surface area contributed by atoms with Gasteiger partial charge in [-0.1, -0.05) is 32.1 Å². The maximum atomic E-state index is 11.9. The maximum absolute atomic E-state index is 11.9. The Labute approximate surface area is 149 Å². The summed E-state index contributed by atoms with van der Waals surface area (Å²) in [5.41, 5.74) is 0.0793. The molecule has 0 spiro atoms. The molecule has 23 heavy (non-hydrogen) atoms. The highest BCUT2D eigenvalue weighted by Crippen LogP contribution is 2.20. The normalized spacial score (nSPS) is 16.2. The molecule has 0 unspecified atom stereocenters. The van der Waals surface area contributed by atoms with Crippen molar-refractivity contribution in [1.29, 1.82) is 0 Å². The van der Waals surface area contributed by atoms with Crippen LogP contribution in [-0.2, 0) is 9.53 Å². The zero-order chi connectivity index (χ0) is 16.7. The minimum atomic E-state index is -0.686. The summed E-state index contributed by atoms with van der Waals surface area (Å²) in [7, 11) is 0. The van der Waals surface area contributed by atoms with Crippen molar-refractivity contribution in [2.45, 2.75) is 51.0 Å². The van der Waals surface area contributed by atoms with Crippen LogP contribution in [-0.4, -0.2) is 29.6 Å². The van der Waals surface area contributed by atoms with E-state index in [4.69, 9.17) is 4.74 Å². The fraction of sp³-hybridized carbons (Fsp3) is 0.529. The van der Waals surface area contributed by atoms with E-state index in [0.29, 0.717) is 0 Å². The van der Waals surface area contributed by atoms with Crippen LogP contribution in [0.25, 0.3) is 0 Å². The van der Waals surface area contributed by atoms with Crippen LogP contribution in [0.5, 0.6) is 5.75 Å². The number of aromatic hydroxyl groups is 1. The molecule has 2 N–H and O–H groups in total. The second kappa shape index (κ2) is 9.10. The molecular formula is C17H22INO4. The number of carbonyl (C=O) groups is 2. The number of amides is 1. The van der Waals surface area contributed by atoms with Gasteiger partial charge in [0.25, 0.3) is 5.91 Å². The number of benzene rings is 1. The molecule has 1 fully saturated rings. The molecule has 1 aromatic carbocycles. The van der Waals surface area contributed by atoms with Gasteiger partial charge < -0.3 is 15.2 Å². The first-order chi connectivity index (χ1) is 11.1. The third-order valence-corrected chi connectivity index (χ3v) is 4.65. The molecule has 126 valence electrons. The molecule has 1 aromatic rings. The third-order valence-electron chi connectivity index (χ3n) is 3.98. The van der Waals surface area contributed by atoms with Gasteiger partial charge in [-0.2, -0.15) is 0 Å². The Morgan fingerprint density at radius 1 is 1.17 bits per heavy atom. The topological polar surface area (TPSA) is 75.6 Å². The maximum Gasteiger partial charge on any atom is 0.342 e. The predicted molar refractivity (Wildman–Crippen MR) is 95.4 cm³/mol. The van der Waals surface area contributed by atoms with Crippen molar-refractivity contribution in [3.05, 3.63) is 27.3 Å². The average molecular weight is 431 g/mol. The van der Waals surface area contributed by atoms with Crippen LogP contribution in [0.4, 0.5) is 0 Å². The molecule has 0 aromatic heterocycles. The number of phenols is 1. The minimum Gasteiger partial charge on any atom is -0.507 e. The van der Waals surface area contributed by atoms with Gasteiger partial charge in [-0.15, -0.1) is 0 Å². The van der Waals surface area contributed by atoms with E-state index in [2.05, 4.69) is 5.32 Å². The van der Waals surface area contributed by atoms with Crippen LogP contribution in [0.15, 0.2) is 18.2 Å². The molecule has 2 rings (SSSR count). The van der Waals surface area contributed by atoms with Crippen molar-refractivity contribution >= 4 is 34.5 Å². The fourth-order valence-electron chi connectivity index (χ4n) is 2.75. The number of nitrogens with one attached hydrogen (secondary N) is 1. The van der Waals surface area contributed by atoms with Crippen molar-refractivity contribution in [1.82, 2.24) is 5.32 Å². The molecule has 0 bridgehead atoms. The molecule has 5 nitrogen and oxygen atoms in total. The summed E-state index contributed by atoms with van der Waals surface area (Å²) in [5.74, 6) is -1.11. The molecule has 0 aliphatic heterocycles. The van der Waals surface area contributed by atoms with Gasteiger partial charge in [-0.05, 0) is 53.6 Å². The summed E-state index contributed by atoms with van der Waals surface area (Å²) in [4.78, 5) is 23.9. The van der Waals surface area contributed by atoms with Gasteiger partial charge in [0.2, 0.25) is 0 Å². The smallest absolute Gasteiger partial charge is 0.342 e. The van der Waals surface area contributed by atoms with Crippen molar-refractivity contribution in [2.24, 2.45) is 0 Å². The Morgan fingerprint density at radius 3 is 2.52 bits per heavy atom. The molecule has 1 amide bonds. The molecule has 1 aliphatic rings. The van der Waals surface area contributed by atoms with Gasteiger partial charge in [-0.25, -0.2) is 4.79 Å². The Balaban J connectivity index is 1.81. The van der Waals surface area contributed by atoms with Crippen LogP contribution in [0.1, 0.15) is 55.3 Å². The first-order valence-electron chi connectivity index (χ1n) is 8.01. The molecule has 0 radical (unpaired) electrons. The predicted octanol–water partition coefficient (Wildman–Crippen LogP) is 3.38. The van der Waals surface area contributed by atoms with Gasteiger partial charge in [0.05, 0.1) is 0 Å². The van der Waals surface area contributed by atoms with Gasteiger partial charge >= 0.3 is 5.97 Å². The number of esters is 1. The summed E-state index contributed by atoms with van der Waals surface area (Å²) < 4.78 is 5.82. The van der Waals surface area contributed by atoms with E-state index in [-0.39, 0.29) is 29.9 Å². The monoisotopic (exact) mass is 431 g/mol. The number of rotatable bonds is 4. The average Bonchev–Trinajstić information content (AvgIpc) is 2.50. The van der Waals surface area contributed by atoms with E-state index in [1.807, 2.05) is 22.6 Å². The fourth-order valence-corrected chi connectivity index (χ4v) is 3.24. The van der Waals surface area contributed by atoms with Crippen molar-refractivity contribution in [3.8, 4) is 5.75 Å².